The summed E-state index contributed by atoms with van der Waals surface area (Å²) in [5, 5.41) is 0. The minimum Gasteiger partial charge on any atom is -0.137 e. The molecule has 0 saturated heterocycles. The van der Waals surface area contributed by atoms with Gasteiger partial charge in [-0.05, 0) is 0 Å². The molecule has 1 heteroatoms. The van der Waals surface area contributed by atoms with Crippen LogP contribution in [0.2, 0.25) is 0 Å². The van der Waals surface area contributed by atoms with Gasteiger partial charge in [-0.1, -0.05) is 13.2 Å². The molecule has 0 saturated carbocycles. The van der Waals surface area contributed by atoms with Gasteiger partial charge in [0.1, 0.15) is 0 Å². The zero-order chi connectivity index (χ0) is 2.71. The molecule has 0 heterocycles. The van der Waals surface area contributed by atoms with E-state index in [4.69, 9.17) is 0 Å². The van der Waals surface area contributed by atoms with Crippen molar-refractivity contribution in [2.45, 2.75) is 0 Å². The largest absolute Gasteiger partial charge is 0.137 e. The molecule has 0 aliphatic rings. The van der Waals surface area contributed by atoms with Crippen LogP contribution in [0.1, 0.15) is 0 Å². The Morgan fingerprint density at radius 3 is 1.25 bits per heavy atom. The van der Waals surface area contributed by atoms with Crippen LogP contribution in [-0.4, -0.2) is 0 Å². The first kappa shape index (κ1) is 8.99. The molecule has 26 valence electrons. The maximum absolute atomic E-state index is 3.12. The molecular formula is C3H4Ni. The second-order valence-corrected chi connectivity index (χ2v) is 0.250. The van der Waals surface area contributed by atoms with Crippen molar-refractivity contribution in [3.05, 3.63) is 18.9 Å². The molecule has 0 aliphatic heterocycles. The molecule has 0 radical (unpaired) electrons. The van der Waals surface area contributed by atoms with Gasteiger partial charge in [0.05, 0.1) is 0 Å². The fourth-order valence-corrected chi connectivity index (χ4v) is 0. The average molecular weight is 98.8 g/mol. The Bertz CT molecular complexity index is 24.3. The van der Waals surface area contributed by atoms with Gasteiger partial charge in [-0.3, -0.25) is 0 Å². The Balaban J connectivity index is 0. The van der Waals surface area contributed by atoms with Crippen LogP contribution < -0.4 is 0 Å². The molecule has 0 unspecified atom stereocenters. The van der Waals surface area contributed by atoms with Gasteiger partial charge in [-0.2, -0.15) is 0 Å². The fraction of sp³-hybridized carbons (Fsp3) is 0. The Hall–Kier alpha value is 0.0135. The third-order valence-electron chi connectivity index (χ3n) is 0. The molecule has 0 aromatic rings. The summed E-state index contributed by atoms with van der Waals surface area (Å²) in [5.41, 5.74) is 2.25. The third kappa shape index (κ3) is 11300. The minimum absolute atomic E-state index is 0. The van der Waals surface area contributed by atoms with Gasteiger partial charge in [-0.15, -0.1) is 5.73 Å². The average Bonchev–Trinajstić information content (AvgIpc) is 0.918. The van der Waals surface area contributed by atoms with Gasteiger partial charge in [-0.25, -0.2) is 0 Å². The van der Waals surface area contributed by atoms with Crippen LogP contribution >= 0.6 is 0 Å². The van der Waals surface area contributed by atoms with Gasteiger partial charge in [0.25, 0.3) is 0 Å². The van der Waals surface area contributed by atoms with Crippen molar-refractivity contribution in [2.24, 2.45) is 0 Å². The second kappa shape index (κ2) is 11.9. The molecule has 0 bridgehead atoms. The van der Waals surface area contributed by atoms with Crippen LogP contribution in [0.25, 0.3) is 0 Å². The Morgan fingerprint density at radius 2 is 1.25 bits per heavy atom. The van der Waals surface area contributed by atoms with Crippen LogP contribution in [0.15, 0.2) is 18.9 Å². The van der Waals surface area contributed by atoms with Gasteiger partial charge >= 0.3 is 0 Å². The minimum atomic E-state index is 0. The van der Waals surface area contributed by atoms with Gasteiger partial charge < -0.3 is 0 Å². The smallest absolute Gasteiger partial charge is 0 e. The first-order chi connectivity index (χ1) is 1.41. The molecule has 0 aromatic heterocycles. The third-order valence-corrected chi connectivity index (χ3v) is 0. The summed E-state index contributed by atoms with van der Waals surface area (Å²) in [6.45, 7) is 6.25. The Morgan fingerprint density at radius 1 is 1.25 bits per heavy atom. The molecule has 0 fully saturated rings. The molecule has 0 amide bonds. The molecule has 0 rings (SSSR count). The summed E-state index contributed by atoms with van der Waals surface area (Å²) in [5.74, 6) is 0. The van der Waals surface area contributed by atoms with Crippen molar-refractivity contribution in [3.63, 3.8) is 0 Å². The van der Waals surface area contributed by atoms with E-state index in [1.807, 2.05) is 0 Å². The van der Waals surface area contributed by atoms with Crippen LogP contribution in [0, 0.1) is 0 Å². The molecule has 0 aliphatic carbocycles. The fourth-order valence-electron chi connectivity index (χ4n) is 0. The van der Waals surface area contributed by atoms with Crippen molar-refractivity contribution in [2.75, 3.05) is 0 Å². The standard InChI is InChI=1S/C3H4.Ni/c1-3-2;/h1-2H2;. The number of hydrogen-bond acceptors (Lipinski definition) is 0. The van der Waals surface area contributed by atoms with Gasteiger partial charge in [0, 0.05) is 16.5 Å². The first-order valence-corrected chi connectivity index (χ1v) is 0.707. The zero-order valence-corrected chi connectivity index (χ0v) is 3.22. The Labute approximate surface area is 36.1 Å². The molecule has 4 heavy (non-hydrogen) atoms. The van der Waals surface area contributed by atoms with Crippen LogP contribution in [0.5, 0.6) is 0 Å². The molecule has 0 aromatic carbocycles. The predicted octanol–water partition coefficient (Wildman–Crippen LogP) is 0.955. The molecular weight excluding hydrogens is 94.7 g/mol. The summed E-state index contributed by atoms with van der Waals surface area (Å²) in [6, 6.07) is 0. The van der Waals surface area contributed by atoms with E-state index >= 15 is 0 Å². The Kier molecular flexibility index (Phi) is 26.7. The maximum atomic E-state index is 3.12. The number of rotatable bonds is 0. The van der Waals surface area contributed by atoms with E-state index in [2.05, 4.69) is 18.9 Å². The van der Waals surface area contributed by atoms with Gasteiger partial charge in [0.15, 0.2) is 0 Å². The zero-order valence-electron chi connectivity index (χ0n) is 2.23. The summed E-state index contributed by atoms with van der Waals surface area (Å²) in [7, 11) is 0. The van der Waals surface area contributed by atoms with E-state index < -0.39 is 0 Å². The molecule has 0 atom stereocenters. The van der Waals surface area contributed by atoms with E-state index in [9.17, 15) is 0 Å². The predicted molar refractivity (Wildman–Crippen MR) is 14.8 cm³/mol. The van der Waals surface area contributed by atoms with Crippen molar-refractivity contribution in [1.29, 1.82) is 0 Å². The second-order valence-electron chi connectivity index (χ2n) is 0.250. The van der Waals surface area contributed by atoms with E-state index in [1.54, 1.807) is 0 Å². The van der Waals surface area contributed by atoms with Crippen molar-refractivity contribution in [3.8, 4) is 0 Å². The van der Waals surface area contributed by atoms with E-state index in [1.165, 1.54) is 0 Å². The summed E-state index contributed by atoms with van der Waals surface area (Å²) >= 11 is 0. The topological polar surface area (TPSA) is 0 Å². The van der Waals surface area contributed by atoms with Crippen molar-refractivity contribution in [1.82, 2.24) is 0 Å². The maximum Gasteiger partial charge on any atom is 0 e. The summed E-state index contributed by atoms with van der Waals surface area (Å²) in [4.78, 5) is 0. The van der Waals surface area contributed by atoms with Crippen LogP contribution in [0.3, 0.4) is 0 Å². The first-order valence-electron chi connectivity index (χ1n) is 0.707. The van der Waals surface area contributed by atoms with Crippen molar-refractivity contribution >= 4 is 0 Å². The normalized spacial score (nSPS) is 2.00. The molecule has 0 N–H and O–H groups in total. The van der Waals surface area contributed by atoms with Crippen LogP contribution in [0.4, 0.5) is 0 Å². The van der Waals surface area contributed by atoms with E-state index in [-0.39, 0.29) is 16.5 Å². The summed E-state index contributed by atoms with van der Waals surface area (Å²) < 4.78 is 0. The molecule has 0 nitrogen and oxygen atoms in total. The quantitative estimate of drug-likeness (QED) is 0.313. The molecule has 0 spiro atoms. The SMILES string of the molecule is C=C=C.[Ni]. The van der Waals surface area contributed by atoms with E-state index in [0.29, 0.717) is 0 Å². The van der Waals surface area contributed by atoms with Crippen LogP contribution in [-0.2, 0) is 16.5 Å². The monoisotopic (exact) mass is 98.0 g/mol. The number of hydrogen-bond donors (Lipinski definition) is 0. The summed E-state index contributed by atoms with van der Waals surface area (Å²) in [6.07, 6.45) is 0. The van der Waals surface area contributed by atoms with Crippen molar-refractivity contribution < 1.29 is 16.5 Å². The van der Waals surface area contributed by atoms with Gasteiger partial charge in [0.2, 0.25) is 0 Å². The van der Waals surface area contributed by atoms with E-state index in [0.717, 1.165) is 0 Å².